The first-order chi connectivity index (χ1) is 7.95. The fourth-order valence-corrected chi connectivity index (χ4v) is 1.73. The van der Waals surface area contributed by atoms with Gasteiger partial charge in [0.15, 0.2) is 0 Å². The molecule has 0 bridgehead atoms. The predicted molar refractivity (Wildman–Crippen MR) is 64.8 cm³/mol. The molecule has 0 aliphatic rings. The number of fused-ring (bicyclic) bond motifs is 3. The maximum atomic E-state index is 7.75. The quantitative estimate of drug-likeness (QED) is 0.334. The second-order valence-electron chi connectivity index (χ2n) is 3.28. The first-order valence-corrected chi connectivity index (χ1v) is 4.83. The van der Waals surface area contributed by atoms with E-state index in [1.807, 2.05) is 24.4 Å². The molecule has 0 amide bonds. The minimum Gasteiger partial charge on any atom is -0.545 e. The minimum atomic E-state index is 0. The first kappa shape index (κ1) is 13.5. The summed E-state index contributed by atoms with van der Waals surface area (Å²) >= 11 is 0. The van der Waals surface area contributed by atoms with Gasteiger partial charge in [-0.05, 0) is 17.0 Å². The molecule has 0 saturated heterocycles. The minimum absolute atomic E-state index is 0. The van der Waals surface area contributed by atoms with Crippen molar-refractivity contribution in [2.75, 3.05) is 0 Å². The molecule has 1 heterocycles. The molecule has 0 unspecified atom stereocenters. The molecule has 0 N–H and O–H groups in total. The molecule has 3 heteroatoms. The number of carbonyl (C=O) groups excluding carboxylic acids is 1. The van der Waals surface area contributed by atoms with Crippen molar-refractivity contribution >= 4 is 28.5 Å². The summed E-state index contributed by atoms with van der Waals surface area (Å²) in [4.78, 5) is 12.1. The van der Waals surface area contributed by atoms with Gasteiger partial charge in [-0.1, -0.05) is 18.2 Å². The Balaban J connectivity index is 0.000000459. The second kappa shape index (κ2) is 6.24. The average Bonchev–Trinajstić information content (AvgIpc) is 2.41. The summed E-state index contributed by atoms with van der Waals surface area (Å²) in [5.41, 5.74) is 1.03. The molecule has 1 radical (unpaired) electrons. The molecule has 0 fully saturated rings. The molecule has 0 aliphatic heterocycles. The van der Waals surface area contributed by atoms with Crippen LogP contribution < -0.4 is 0 Å². The smallest absolute Gasteiger partial charge is 0.0161 e. The van der Waals surface area contributed by atoms with Crippen molar-refractivity contribution in [1.29, 1.82) is 0 Å². The van der Waals surface area contributed by atoms with Crippen molar-refractivity contribution in [2.24, 2.45) is 0 Å². The third-order valence-corrected chi connectivity index (χ3v) is 2.41. The van der Waals surface area contributed by atoms with Crippen LogP contribution in [0.15, 0.2) is 48.7 Å². The zero-order chi connectivity index (χ0) is 11.4. The van der Waals surface area contributed by atoms with Gasteiger partial charge < -0.3 is 9.78 Å². The maximum Gasteiger partial charge on any atom is 0.0161 e. The van der Waals surface area contributed by atoms with Crippen LogP contribution in [0, 0.1) is 6.07 Å². The summed E-state index contributed by atoms with van der Waals surface area (Å²) in [6, 6.07) is 17.5. The summed E-state index contributed by atoms with van der Waals surface area (Å²) in [6.07, 6.45) is 1.82. The van der Waals surface area contributed by atoms with E-state index in [9.17, 15) is 0 Å². The van der Waals surface area contributed by atoms with Gasteiger partial charge in [0.05, 0.1) is 0 Å². The summed E-state index contributed by atoms with van der Waals surface area (Å²) in [7, 11) is 0. The van der Waals surface area contributed by atoms with E-state index in [1.165, 1.54) is 10.8 Å². The number of hydrogen-bond acceptors (Lipinski definition) is 2. The Morgan fingerprint density at radius 1 is 1.00 bits per heavy atom. The molecule has 0 saturated carbocycles. The van der Waals surface area contributed by atoms with Crippen LogP contribution in [0.4, 0.5) is 0 Å². The van der Waals surface area contributed by atoms with Gasteiger partial charge >= 0.3 is 0 Å². The zero-order valence-electron chi connectivity index (χ0n) is 8.93. The fourth-order valence-electron chi connectivity index (χ4n) is 1.73. The van der Waals surface area contributed by atoms with Gasteiger partial charge in [0.2, 0.25) is 0 Å². The van der Waals surface area contributed by atoms with E-state index in [-0.39, 0.29) is 20.4 Å². The number of nitrogens with zero attached hydrogens (tertiary/aromatic N) is 1. The fraction of sp³-hybridized carbons (Fsp3) is 0. The van der Waals surface area contributed by atoms with Crippen LogP contribution in [0.1, 0.15) is 0 Å². The third kappa shape index (κ3) is 2.58. The molecule has 0 aliphatic carbocycles. The number of benzene rings is 2. The van der Waals surface area contributed by atoms with Crippen molar-refractivity contribution in [3.05, 3.63) is 54.7 Å². The number of aromatic nitrogens is 1. The number of hydrogen-bond donors (Lipinski definition) is 0. The SMILES string of the molecule is [CH-]=O.[Re].[c-]1cccc2ccc3cccnc3c12. The molecule has 0 atom stereocenters. The Hall–Kier alpha value is -1.56. The molecular formula is C14H9NORe-2. The Bertz CT molecular complexity index is 570. The van der Waals surface area contributed by atoms with Crippen molar-refractivity contribution in [3.8, 4) is 0 Å². The van der Waals surface area contributed by atoms with E-state index in [1.54, 1.807) is 0 Å². The van der Waals surface area contributed by atoms with Crippen LogP contribution in [-0.4, -0.2) is 11.8 Å². The van der Waals surface area contributed by atoms with Crippen LogP contribution in [0.2, 0.25) is 0 Å². The van der Waals surface area contributed by atoms with E-state index in [4.69, 9.17) is 4.79 Å². The molecule has 3 aromatic rings. The second-order valence-corrected chi connectivity index (χ2v) is 3.28. The van der Waals surface area contributed by atoms with Crippen molar-refractivity contribution in [3.63, 3.8) is 0 Å². The summed E-state index contributed by atoms with van der Waals surface area (Å²) in [5.74, 6) is 0. The van der Waals surface area contributed by atoms with E-state index in [0.717, 1.165) is 10.9 Å². The van der Waals surface area contributed by atoms with Gasteiger partial charge in [-0.3, -0.25) is 6.79 Å². The Morgan fingerprint density at radius 3 is 2.53 bits per heavy atom. The van der Waals surface area contributed by atoms with Gasteiger partial charge in [-0.25, -0.2) is 0 Å². The Labute approximate surface area is 113 Å². The maximum absolute atomic E-state index is 7.75. The largest absolute Gasteiger partial charge is 0.545 e. The molecule has 2 aromatic carbocycles. The zero-order valence-corrected chi connectivity index (χ0v) is 11.6. The van der Waals surface area contributed by atoms with Crippen molar-refractivity contribution in [1.82, 2.24) is 4.98 Å². The Kier molecular flexibility index (Phi) is 4.96. The van der Waals surface area contributed by atoms with Gasteiger partial charge in [0.1, 0.15) is 0 Å². The molecule has 2 nitrogen and oxygen atoms in total. The van der Waals surface area contributed by atoms with Gasteiger partial charge in [-0.15, -0.1) is 35.0 Å². The monoisotopic (exact) mass is 394 g/mol. The first-order valence-electron chi connectivity index (χ1n) is 4.83. The van der Waals surface area contributed by atoms with Crippen LogP contribution in [0.25, 0.3) is 21.7 Å². The standard InChI is InChI=1S/C13H8N.CHO.Re/c1-2-6-12-10(4-1)7-8-11-5-3-9-14-13(11)12;1-2;/h1-5,7-9H;1H;/q2*-1;. The number of rotatable bonds is 0. The van der Waals surface area contributed by atoms with Crippen molar-refractivity contribution in [2.45, 2.75) is 0 Å². The topological polar surface area (TPSA) is 30.0 Å². The molecule has 1 aromatic heterocycles. The van der Waals surface area contributed by atoms with Crippen molar-refractivity contribution < 1.29 is 25.2 Å². The summed E-state index contributed by atoms with van der Waals surface area (Å²) in [5, 5.41) is 3.46. The summed E-state index contributed by atoms with van der Waals surface area (Å²) in [6.45, 7) is 3.25. The van der Waals surface area contributed by atoms with Crippen LogP contribution in [0.3, 0.4) is 0 Å². The molecular weight excluding hydrogens is 384 g/mol. The van der Waals surface area contributed by atoms with E-state index in [0.29, 0.717) is 0 Å². The molecule has 85 valence electrons. The van der Waals surface area contributed by atoms with Crippen LogP contribution in [0.5, 0.6) is 0 Å². The normalized spacial score (nSPS) is 9.18. The predicted octanol–water partition coefficient (Wildman–Crippen LogP) is 2.91. The van der Waals surface area contributed by atoms with Gasteiger partial charge in [0, 0.05) is 26.6 Å². The molecule has 3 rings (SSSR count). The Morgan fingerprint density at radius 2 is 1.71 bits per heavy atom. The van der Waals surface area contributed by atoms with Gasteiger partial charge in [-0.2, -0.15) is 0 Å². The van der Waals surface area contributed by atoms with E-state index in [2.05, 4.69) is 42.1 Å². The third-order valence-electron chi connectivity index (χ3n) is 2.41. The summed E-state index contributed by atoms with van der Waals surface area (Å²) < 4.78 is 0. The average molecular weight is 393 g/mol. The number of pyridine rings is 1. The molecule has 17 heavy (non-hydrogen) atoms. The van der Waals surface area contributed by atoms with E-state index < -0.39 is 0 Å². The molecule has 0 spiro atoms. The van der Waals surface area contributed by atoms with Crippen LogP contribution in [-0.2, 0) is 25.2 Å². The van der Waals surface area contributed by atoms with Crippen LogP contribution >= 0.6 is 0 Å². The van der Waals surface area contributed by atoms with E-state index >= 15 is 0 Å². The van der Waals surface area contributed by atoms with Gasteiger partial charge in [0.25, 0.3) is 0 Å².